The molecule has 0 aliphatic heterocycles. The zero-order valence-electron chi connectivity index (χ0n) is 16.0. The first-order valence-electron chi connectivity index (χ1n) is 9.22. The number of hydrogen-bond acceptors (Lipinski definition) is 6. The highest BCUT2D eigenvalue weighted by molar-refractivity contribution is 7.99. The van der Waals surface area contributed by atoms with Gasteiger partial charge in [-0.3, -0.25) is 4.57 Å². The van der Waals surface area contributed by atoms with E-state index in [2.05, 4.69) is 56.1 Å². The van der Waals surface area contributed by atoms with Crippen molar-refractivity contribution in [1.82, 2.24) is 24.9 Å². The molecule has 0 fully saturated rings. The molecule has 0 aliphatic carbocycles. The highest BCUT2D eigenvalue weighted by Gasteiger charge is 2.22. The minimum absolute atomic E-state index is 0.0372. The zero-order valence-corrected chi connectivity index (χ0v) is 16.8. The third-order valence-corrected chi connectivity index (χ3v) is 5.42. The SMILES string of the molecule is CCc1noc(C(C)Sc2nnc(-c3ccccc3)n2-c2ccc(C)cc2)n1. The molecule has 0 spiro atoms. The largest absolute Gasteiger partial charge is 0.338 e. The Hall–Kier alpha value is -2.93. The van der Waals surface area contributed by atoms with Crippen LogP contribution in [0.2, 0.25) is 0 Å². The second-order valence-corrected chi connectivity index (χ2v) is 7.81. The van der Waals surface area contributed by atoms with Crippen molar-refractivity contribution >= 4 is 11.8 Å². The van der Waals surface area contributed by atoms with Crippen LogP contribution in [-0.2, 0) is 6.42 Å². The van der Waals surface area contributed by atoms with Gasteiger partial charge in [0, 0.05) is 17.7 Å². The first kappa shape index (κ1) is 18.4. The minimum atomic E-state index is -0.0372. The van der Waals surface area contributed by atoms with Crippen molar-refractivity contribution in [1.29, 1.82) is 0 Å². The number of thioether (sulfide) groups is 1. The number of hydrogen-bond donors (Lipinski definition) is 0. The monoisotopic (exact) mass is 391 g/mol. The summed E-state index contributed by atoms with van der Waals surface area (Å²) in [5, 5.41) is 13.7. The van der Waals surface area contributed by atoms with E-state index in [0.29, 0.717) is 11.7 Å². The number of rotatable bonds is 6. The van der Waals surface area contributed by atoms with E-state index < -0.39 is 0 Å². The lowest BCUT2D eigenvalue weighted by molar-refractivity contribution is 0.375. The lowest BCUT2D eigenvalue weighted by atomic mass is 10.2. The van der Waals surface area contributed by atoms with Gasteiger partial charge in [-0.25, -0.2) is 0 Å². The molecule has 1 atom stereocenters. The van der Waals surface area contributed by atoms with Crippen molar-refractivity contribution < 1.29 is 4.52 Å². The maximum atomic E-state index is 5.40. The van der Waals surface area contributed by atoms with Crippen LogP contribution in [0.3, 0.4) is 0 Å². The van der Waals surface area contributed by atoms with Crippen LogP contribution in [0.25, 0.3) is 17.1 Å². The number of aryl methyl sites for hydroxylation is 2. The molecule has 0 N–H and O–H groups in total. The summed E-state index contributed by atoms with van der Waals surface area (Å²) in [7, 11) is 0. The Balaban J connectivity index is 1.74. The molecule has 142 valence electrons. The highest BCUT2D eigenvalue weighted by atomic mass is 32.2. The van der Waals surface area contributed by atoms with Gasteiger partial charge in [0.25, 0.3) is 0 Å². The van der Waals surface area contributed by atoms with Gasteiger partial charge in [0.1, 0.15) is 0 Å². The Morgan fingerprint density at radius 3 is 2.46 bits per heavy atom. The second-order valence-electron chi connectivity index (χ2n) is 6.51. The van der Waals surface area contributed by atoms with Crippen LogP contribution in [0.1, 0.15) is 36.4 Å². The first-order valence-corrected chi connectivity index (χ1v) is 10.1. The molecule has 2 heterocycles. The van der Waals surface area contributed by atoms with Gasteiger partial charge in [-0.05, 0) is 26.0 Å². The Labute approximate surface area is 168 Å². The quantitative estimate of drug-likeness (QED) is 0.429. The predicted molar refractivity (Wildman–Crippen MR) is 109 cm³/mol. The van der Waals surface area contributed by atoms with Crippen LogP contribution in [0, 0.1) is 6.92 Å². The van der Waals surface area contributed by atoms with Crippen LogP contribution >= 0.6 is 11.8 Å². The summed E-state index contributed by atoms with van der Waals surface area (Å²) >= 11 is 1.55. The molecule has 0 amide bonds. The number of aromatic nitrogens is 5. The third-order valence-electron chi connectivity index (χ3n) is 4.39. The van der Waals surface area contributed by atoms with Gasteiger partial charge in [0.2, 0.25) is 5.89 Å². The van der Waals surface area contributed by atoms with Gasteiger partial charge < -0.3 is 4.52 Å². The maximum absolute atomic E-state index is 5.40. The maximum Gasteiger partial charge on any atom is 0.239 e. The van der Waals surface area contributed by atoms with Gasteiger partial charge in [-0.2, -0.15) is 4.98 Å². The van der Waals surface area contributed by atoms with Crippen LogP contribution < -0.4 is 0 Å². The van der Waals surface area contributed by atoms with E-state index in [1.54, 1.807) is 11.8 Å². The van der Waals surface area contributed by atoms with Crippen molar-refractivity contribution in [3.8, 4) is 17.1 Å². The van der Waals surface area contributed by atoms with E-state index in [9.17, 15) is 0 Å². The highest BCUT2D eigenvalue weighted by Crippen LogP contribution is 2.36. The minimum Gasteiger partial charge on any atom is -0.338 e. The average Bonchev–Trinajstić information content (AvgIpc) is 3.37. The molecule has 7 heteroatoms. The fourth-order valence-corrected chi connectivity index (χ4v) is 3.73. The molecular formula is C21H21N5OS. The number of benzene rings is 2. The normalized spacial score (nSPS) is 12.2. The molecule has 0 bridgehead atoms. The molecule has 28 heavy (non-hydrogen) atoms. The Morgan fingerprint density at radius 1 is 1.04 bits per heavy atom. The fourth-order valence-electron chi connectivity index (χ4n) is 2.83. The van der Waals surface area contributed by atoms with Crippen molar-refractivity contribution in [2.24, 2.45) is 0 Å². The molecule has 2 aromatic carbocycles. The molecular weight excluding hydrogens is 370 g/mol. The lowest BCUT2D eigenvalue weighted by Crippen LogP contribution is -2.01. The molecule has 0 saturated heterocycles. The van der Waals surface area contributed by atoms with Crippen LogP contribution in [0.15, 0.2) is 64.3 Å². The molecule has 0 radical (unpaired) electrons. The second kappa shape index (κ2) is 7.98. The van der Waals surface area contributed by atoms with Gasteiger partial charge in [0.15, 0.2) is 16.8 Å². The summed E-state index contributed by atoms with van der Waals surface area (Å²) in [6.45, 7) is 6.12. The molecule has 4 rings (SSSR count). The van der Waals surface area contributed by atoms with Crippen molar-refractivity contribution in [2.45, 2.75) is 37.6 Å². The van der Waals surface area contributed by atoms with Crippen LogP contribution in [0.4, 0.5) is 0 Å². The van der Waals surface area contributed by atoms with Gasteiger partial charge in [0.05, 0.1) is 5.25 Å². The smallest absolute Gasteiger partial charge is 0.239 e. The summed E-state index contributed by atoms with van der Waals surface area (Å²) < 4.78 is 7.48. The van der Waals surface area contributed by atoms with E-state index in [-0.39, 0.29) is 5.25 Å². The van der Waals surface area contributed by atoms with Crippen LogP contribution in [-0.4, -0.2) is 24.9 Å². The van der Waals surface area contributed by atoms with E-state index in [4.69, 9.17) is 4.52 Å². The molecule has 1 unspecified atom stereocenters. The molecule has 4 aromatic rings. The lowest BCUT2D eigenvalue weighted by Gasteiger charge is -2.12. The van der Waals surface area contributed by atoms with Crippen molar-refractivity contribution in [2.75, 3.05) is 0 Å². The van der Waals surface area contributed by atoms with E-state index in [1.165, 1.54) is 5.56 Å². The topological polar surface area (TPSA) is 69.6 Å². The van der Waals surface area contributed by atoms with Crippen molar-refractivity contribution in [3.05, 3.63) is 71.9 Å². The van der Waals surface area contributed by atoms with Crippen molar-refractivity contribution in [3.63, 3.8) is 0 Å². The van der Waals surface area contributed by atoms with Gasteiger partial charge in [-0.1, -0.05) is 71.9 Å². The summed E-state index contributed by atoms with van der Waals surface area (Å²) in [6.07, 6.45) is 0.749. The average molecular weight is 392 g/mol. The summed E-state index contributed by atoms with van der Waals surface area (Å²) in [5.74, 6) is 2.12. The van der Waals surface area contributed by atoms with Crippen LogP contribution in [0.5, 0.6) is 0 Å². The fraction of sp³-hybridized carbons (Fsp3) is 0.238. The Bertz CT molecular complexity index is 1060. The number of nitrogens with zero attached hydrogens (tertiary/aromatic N) is 5. The first-order chi connectivity index (χ1) is 13.7. The summed E-state index contributed by atoms with van der Waals surface area (Å²) in [4.78, 5) is 4.45. The van der Waals surface area contributed by atoms with Gasteiger partial charge >= 0.3 is 0 Å². The Morgan fingerprint density at radius 2 is 1.79 bits per heavy atom. The molecule has 0 aliphatic rings. The predicted octanol–water partition coefficient (Wildman–Crippen LogP) is 5.04. The standard InChI is InChI=1S/C21H21N5OS/c1-4-18-22-20(27-25-18)15(3)28-21-24-23-19(16-8-6-5-7-9-16)26(21)17-12-10-14(2)11-13-17/h5-13,15H,4H2,1-3H3. The van der Waals surface area contributed by atoms with E-state index in [0.717, 1.165) is 28.7 Å². The van der Waals surface area contributed by atoms with E-state index >= 15 is 0 Å². The molecule has 0 saturated carbocycles. The summed E-state index contributed by atoms with van der Waals surface area (Å²) in [6, 6.07) is 18.4. The third kappa shape index (κ3) is 3.71. The Kier molecular flexibility index (Phi) is 5.25. The summed E-state index contributed by atoms with van der Waals surface area (Å²) in [5.41, 5.74) is 3.24. The zero-order chi connectivity index (χ0) is 19.5. The molecule has 2 aromatic heterocycles. The van der Waals surface area contributed by atoms with Gasteiger partial charge in [-0.15, -0.1) is 10.2 Å². The van der Waals surface area contributed by atoms with E-state index in [1.807, 2.05) is 44.2 Å². The molecule has 6 nitrogen and oxygen atoms in total.